The van der Waals surface area contributed by atoms with Crippen LogP contribution in [0.3, 0.4) is 0 Å². The van der Waals surface area contributed by atoms with Gasteiger partial charge in [0.25, 0.3) is 0 Å². The van der Waals surface area contributed by atoms with Crippen molar-refractivity contribution in [1.29, 1.82) is 0 Å². The van der Waals surface area contributed by atoms with Gasteiger partial charge in [-0.2, -0.15) is 0 Å². The minimum absolute atomic E-state index is 0.467. The molecule has 0 amide bonds. The number of nitrogens with zero attached hydrogens (tertiary/aromatic N) is 4. The van der Waals surface area contributed by atoms with E-state index in [4.69, 9.17) is 4.74 Å². The van der Waals surface area contributed by atoms with Crippen molar-refractivity contribution >= 4 is 0 Å². The van der Waals surface area contributed by atoms with Crippen molar-refractivity contribution in [1.82, 2.24) is 25.2 Å². The smallest absolute Gasteiger partial charge is 0.0964 e. The Morgan fingerprint density at radius 3 is 2.84 bits per heavy atom. The number of ether oxygens (including phenoxy) is 1. The number of methoxy groups -OCH3 is 1. The zero-order valence-electron chi connectivity index (χ0n) is 12.6. The Labute approximate surface area is 116 Å². The molecule has 0 saturated heterocycles. The van der Waals surface area contributed by atoms with Crippen LogP contribution in [0.2, 0.25) is 0 Å². The van der Waals surface area contributed by atoms with Crippen LogP contribution in [0.1, 0.15) is 26.5 Å². The average Bonchev–Trinajstić information content (AvgIpc) is 2.84. The molecule has 0 fully saturated rings. The normalized spacial score (nSPS) is 11.7. The molecule has 0 saturated carbocycles. The first-order valence-corrected chi connectivity index (χ1v) is 6.99. The highest BCUT2D eigenvalue weighted by molar-refractivity contribution is 4.91. The third-order valence-electron chi connectivity index (χ3n) is 2.98. The van der Waals surface area contributed by atoms with E-state index in [0.717, 1.165) is 45.0 Å². The highest BCUT2D eigenvalue weighted by Gasteiger charge is 2.05. The van der Waals surface area contributed by atoms with E-state index < -0.39 is 0 Å². The lowest BCUT2D eigenvalue weighted by atomic mass is 10.3. The van der Waals surface area contributed by atoms with Crippen LogP contribution in [0.15, 0.2) is 6.20 Å². The van der Waals surface area contributed by atoms with Gasteiger partial charge >= 0.3 is 0 Å². The summed E-state index contributed by atoms with van der Waals surface area (Å²) in [5.41, 5.74) is 0.994. The molecule has 0 atom stereocenters. The molecule has 6 heteroatoms. The second kappa shape index (κ2) is 9.01. The van der Waals surface area contributed by atoms with Gasteiger partial charge in [-0.25, -0.2) is 0 Å². The molecule has 0 bridgehead atoms. The van der Waals surface area contributed by atoms with E-state index in [1.807, 2.05) is 10.9 Å². The quantitative estimate of drug-likeness (QED) is 0.679. The van der Waals surface area contributed by atoms with E-state index in [0.29, 0.717) is 6.04 Å². The fourth-order valence-corrected chi connectivity index (χ4v) is 1.73. The van der Waals surface area contributed by atoms with Gasteiger partial charge in [0.15, 0.2) is 0 Å². The van der Waals surface area contributed by atoms with E-state index in [2.05, 4.69) is 41.3 Å². The molecule has 0 aliphatic heterocycles. The molecule has 0 aliphatic carbocycles. The molecule has 0 aliphatic rings. The number of aromatic nitrogens is 3. The van der Waals surface area contributed by atoms with Crippen molar-refractivity contribution < 1.29 is 4.74 Å². The first-order chi connectivity index (χ1) is 9.15. The Morgan fingerprint density at radius 2 is 2.21 bits per heavy atom. The summed E-state index contributed by atoms with van der Waals surface area (Å²) < 4.78 is 7.01. The van der Waals surface area contributed by atoms with Crippen LogP contribution in [0, 0.1) is 0 Å². The number of likely N-dealkylation sites (N-methyl/N-ethyl adjacent to an activating group) is 1. The van der Waals surface area contributed by atoms with Crippen molar-refractivity contribution in [2.24, 2.45) is 0 Å². The molecule has 1 heterocycles. The Bertz CT molecular complexity index is 340. The van der Waals surface area contributed by atoms with Crippen molar-refractivity contribution in [3.05, 3.63) is 11.9 Å². The Morgan fingerprint density at radius 1 is 1.42 bits per heavy atom. The van der Waals surface area contributed by atoms with Crippen LogP contribution in [0.25, 0.3) is 0 Å². The lowest BCUT2D eigenvalue weighted by molar-refractivity contribution is 0.147. The maximum absolute atomic E-state index is 5.10. The van der Waals surface area contributed by atoms with Gasteiger partial charge in [0, 0.05) is 39.0 Å². The van der Waals surface area contributed by atoms with Crippen LogP contribution >= 0.6 is 0 Å². The number of hydrogen-bond donors (Lipinski definition) is 1. The third-order valence-corrected chi connectivity index (χ3v) is 2.98. The summed E-state index contributed by atoms with van der Waals surface area (Å²) in [6, 6.07) is 0.467. The monoisotopic (exact) mass is 269 g/mol. The molecule has 1 N–H and O–H groups in total. The summed E-state index contributed by atoms with van der Waals surface area (Å²) in [6.45, 7) is 11.8. The number of rotatable bonds is 10. The SMILES string of the molecule is CCN(CCOC)CCn1cc(CNC(C)C)nn1. The molecular formula is C13H27N5O. The summed E-state index contributed by atoms with van der Waals surface area (Å²) >= 11 is 0. The van der Waals surface area contributed by atoms with Crippen molar-refractivity contribution in [2.75, 3.05) is 33.4 Å². The molecule has 0 aromatic carbocycles. The van der Waals surface area contributed by atoms with Crippen molar-refractivity contribution in [2.45, 2.75) is 39.9 Å². The predicted octanol–water partition coefficient (Wildman–Crippen LogP) is 0.744. The Balaban J connectivity index is 2.32. The largest absolute Gasteiger partial charge is 0.383 e. The molecule has 1 rings (SSSR count). The van der Waals surface area contributed by atoms with Gasteiger partial charge in [0.2, 0.25) is 0 Å². The van der Waals surface area contributed by atoms with Crippen molar-refractivity contribution in [3.8, 4) is 0 Å². The van der Waals surface area contributed by atoms with Gasteiger partial charge in [-0.15, -0.1) is 5.10 Å². The highest BCUT2D eigenvalue weighted by Crippen LogP contribution is 1.96. The predicted molar refractivity (Wildman–Crippen MR) is 76.0 cm³/mol. The minimum atomic E-state index is 0.467. The highest BCUT2D eigenvalue weighted by atomic mass is 16.5. The zero-order valence-corrected chi connectivity index (χ0v) is 12.6. The molecule has 6 nitrogen and oxygen atoms in total. The first-order valence-electron chi connectivity index (χ1n) is 6.99. The summed E-state index contributed by atoms with van der Waals surface area (Å²) in [5.74, 6) is 0. The van der Waals surface area contributed by atoms with Gasteiger partial charge in [0.1, 0.15) is 0 Å². The molecule has 110 valence electrons. The summed E-state index contributed by atoms with van der Waals surface area (Å²) in [5, 5.41) is 11.6. The molecule has 1 aromatic rings. The van der Waals surface area contributed by atoms with Gasteiger partial charge in [-0.05, 0) is 6.54 Å². The average molecular weight is 269 g/mol. The zero-order chi connectivity index (χ0) is 14.1. The van der Waals surface area contributed by atoms with Crippen molar-refractivity contribution in [3.63, 3.8) is 0 Å². The molecular weight excluding hydrogens is 242 g/mol. The Kier molecular flexibility index (Phi) is 7.62. The Hall–Kier alpha value is -0.980. The van der Waals surface area contributed by atoms with Gasteiger partial charge < -0.3 is 10.1 Å². The van der Waals surface area contributed by atoms with E-state index in [1.54, 1.807) is 7.11 Å². The molecule has 19 heavy (non-hydrogen) atoms. The number of hydrogen-bond acceptors (Lipinski definition) is 5. The maximum atomic E-state index is 5.10. The summed E-state index contributed by atoms with van der Waals surface area (Å²) in [4.78, 5) is 2.34. The number of nitrogens with one attached hydrogen (secondary N) is 1. The van der Waals surface area contributed by atoms with Crippen LogP contribution in [0.4, 0.5) is 0 Å². The standard InChI is InChI=1S/C13H27N5O/c1-5-17(8-9-19-4)6-7-18-11-13(15-16-18)10-14-12(2)3/h11-12,14H,5-10H2,1-4H3. The third kappa shape index (κ3) is 6.66. The second-order valence-corrected chi connectivity index (χ2v) is 4.94. The molecule has 0 spiro atoms. The lowest BCUT2D eigenvalue weighted by Gasteiger charge is -2.19. The second-order valence-electron chi connectivity index (χ2n) is 4.94. The summed E-state index contributed by atoms with van der Waals surface area (Å²) in [7, 11) is 1.74. The van der Waals surface area contributed by atoms with Gasteiger partial charge in [0.05, 0.1) is 18.8 Å². The van der Waals surface area contributed by atoms with Crippen LogP contribution in [0.5, 0.6) is 0 Å². The lowest BCUT2D eigenvalue weighted by Crippen LogP contribution is -2.30. The topological polar surface area (TPSA) is 55.2 Å². The maximum Gasteiger partial charge on any atom is 0.0964 e. The van der Waals surface area contributed by atoms with Crippen LogP contribution in [-0.4, -0.2) is 59.3 Å². The fourth-order valence-electron chi connectivity index (χ4n) is 1.73. The summed E-state index contributed by atoms with van der Waals surface area (Å²) in [6.07, 6.45) is 2.01. The van der Waals surface area contributed by atoms with E-state index in [1.165, 1.54) is 0 Å². The molecule has 0 unspecified atom stereocenters. The van der Waals surface area contributed by atoms with E-state index in [-0.39, 0.29) is 0 Å². The van der Waals surface area contributed by atoms with E-state index in [9.17, 15) is 0 Å². The fraction of sp³-hybridized carbons (Fsp3) is 0.846. The minimum Gasteiger partial charge on any atom is -0.383 e. The van der Waals surface area contributed by atoms with Gasteiger partial charge in [-0.1, -0.05) is 26.0 Å². The molecule has 1 aromatic heterocycles. The molecule has 0 radical (unpaired) electrons. The first kappa shape index (κ1) is 16.1. The van der Waals surface area contributed by atoms with Gasteiger partial charge in [-0.3, -0.25) is 9.58 Å². The van der Waals surface area contributed by atoms with Crippen LogP contribution < -0.4 is 5.32 Å². The van der Waals surface area contributed by atoms with E-state index >= 15 is 0 Å². The van der Waals surface area contributed by atoms with Crippen LogP contribution in [-0.2, 0) is 17.8 Å².